The molecule has 9 nitrogen and oxygen atoms in total. The molecule has 0 aliphatic carbocycles. The summed E-state index contributed by atoms with van der Waals surface area (Å²) in [6.07, 6.45) is 7.67. The Bertz CT molecular complexity index is 1140. The van der Waals surface area contributed by atoms with Crippen LogP contribution in [-0.2, 0) is 10.0 Å². The van der Waals surface area contributed by atoms with Gasteiger partial charge in [-0.25, -0.2) is 13.4 Å². The first-order valence-corrected chi connectivity index (χ1v) is 10.9. The Kier molecular flexibility index (Phi) is 5.51. The van der Waals surface area contributed by atoms with Crippen molar-refractivity contribution < 1.29 is 18.1 Å². The van der Waals surface area contributed by atoms with Gasteiger partial charge in [0.25, 0.3) is 0 Å². The SMILES string of the molecule is O=[N+]([O-])c1cc(S(=O)(=O)N2CCCCC2)ccc1Oc1ccc(-n2ccnc2)cc1. The molecule has 0 spiro atoms. The van der Waals surface area contributed by atoms with E-state index in [1.54, 1.807) is 43.0 Å². The number of sulfonamides is 1. The van der Waals surface area contributed by atoms with E-state index >= 15 is 0 Å². The summed E-state index contributed by atoms with van der Waals surface area (Å²) in [5.41, 5.74) is 0.462. The molecule has 1 saturated heterocycles. The minimum Gasteiger partial charge on any atom is -0.450 e. The summed E-state index contributed by atoms with van der Waals surface area (Å²) in [5.74, 6) is 0.376. The minimum absolute atomic E-state index is 0.0204. The molecule has 1 fully saturated rings. The first kappa shape index (κ1) is 20.0. The van der Waals surface area contributed by atoms with Gasteiger partial charge in [-0.3, -0.25) is 10.1 Å². The van der Waals surface area contributed by atoms with Crippen LogP contribution < -0.4 is 4.74 Å². The van der Waals surface area contributed by atoms with E-state index in [9.17, 15) is 18.5 Å². The third-order valence-electron chi connectivity index (χ3n) is 4.95. The molecule has 4 rings (SSSR count). The van der Waals surface area contributed by atoms with Crippen molar-refractivity contribution in [2.24, 2.45) is 0 Å². The maximum absolute atomic E-state index is 12.8. The number of hydrogen-bond donors (Lipinski definition) is 0. The number of benzene rings is 2. The number of nitro benzene ring substituents is 1. The lowest BCUT2D eigenvalue weighted by atomic mass is 10.2. The fraction of sp³-hybridized carbons (Fsp3) is 0.250. The van der Waals surface area contributed by atoms with Crippen LogP contribution >= 0.6 is 0 Å². The van der Waals surface area contributed by atoms with E-state index in [2.05, 4.69) is 4.98 Å². The molecule has 0 saturated carbocycles. The second kappa shape index (κ2) is 8.25. The first-order chi connectivity index (χ1) is 14.4. The summed E-state index contributed by atoms with van der Waals surface area (Å²) in [6.45, 7) is 0.856. The van der Waals surface area contributed by atoms with Crippen molar-refractivity contribution in [3.05, 3.63) is 71.3 Å². The highest BCUT2D eigenvalue weighted by Crippen LogP contribution is 2.34. The molecule has 3 aromatic rings. The average Bonchev–Trinajstić information content (AvgIpc) is 3.30. The summed E-state index contributed by atoms with van der Waals surface area (Å²) in [6, 6.07) is 10.7. The van der Waals surface area contributed by atoms with E-state index in [1.165, 1.54) is 16.4 Å². The van der Waals surface area contributed by atoms with Gasteiger partial charge < -0.3 is 9.30 Å². The first-order valence-electron chi connectivity index (χ1n) is 9.50. The molecule has 0 amide bonds. The maximum Gasteiger partial charge on any atom is 0.312 e. The predicted octanol–water partition coefficient (Wildman–Crippen LogP) is 3.75. The molecule has 0 N–H and O–H groups in total. The van der Waals surface area contributed by atoms with Crippen molar-refractivity contribution in [3.8, 4) is 17.2 Å². The minimum atomic E-state index is -3.77. The van der Waals surface area contributed by atoms with E-state index in [4.69, 9.17) is 4.74 Å². The Balaban J connectivity index is 1.60. The molecule has 1 aliphatic rings. The van der Waals surface area contributed by atoms with Crippen LogP contribution in [0, 0.1) is 10.1 Å². The van der Waals surface area contributed by atoms with Gasteiger partial charge in [-0.2, -0.15) is 4.31 Å². The summed E-state index contributed by atoms with van der Waals surface area (Å²) in [7, 11) is -3.77. The van der Waals surface area contributed by atoms with Crippen LogP contribution in [0.25, 0.3) is 5.69 Å². The number of nitrogens with zero attached hydrogens (tertiary/aromatic N) is 4. The van der Waals surface area contributed by atoms with Gasteiger partial charge in [0, 0.05) is 37.2 Å². The molecule has 0 bridgehead atoms. The molecule has 2 aromatic carbocycles. The normalized spacial score (nSPS) is 15.1. The largest absolute Gasteiger partial charge is 0.450 e. The van der Waals surface area contributed by atoms with Gasteiger partial charge in [-0.05, 0) is 49.2 Å². The van der Waals surface area contributed by atoms with Gasteiger partial charge in [0.1, 0.15) is 5.75 Å². The molecule has 2 heterocycles. The second-order valence-corrected chi connectivity index (χ2v) is 8.86. The van der Waals surface area contributed by atoms with Gasteiger partial charge >= 0.3 is 5.69 Å². The smallest absolute Gasteiger partial charge is 0.312 e. The van der Waals surface area contributed by atoms with E-state index in [1.807, 2.05) is 4.57 Å². The second-order valence-electron chi connectivity index (χ2n) is 6.92. The third-order valence-corrected chi connectivity index (χ3v) is 6.84. The maximum atomic E-state index is 12.8. The summed E-state index contributed by atoms with van der Waals surface area (Å²) < 4.78 is 34.5. The van der Waals surface area contributed by atoms with Crippen LogP contribution in [0.1, 0.15) is 19.3 Å². The summed E-state index contributed by atoms with van der Waals surface area (Å²) in [5, 5.41) is 11.6. The molecule has 1 aliphatic heterocycles. The standard InChI is InChI=1S/C20H20N4O5S/c25-24(26)19-14-18(30(27,28)23-11-2-1-3-12-23)8-9-20(19)29-17-6-4-16(5-7-17)22-13-10-21-15-22/h4-10,13-15H,1-3,11-12H2. The number of ether oxygens (including phenoxy) is 1. The highest BCUT2D eigenvalue weighted by atomic mass is 32.2. The summed E-state index contributed by atoms with van der Waals surface area (Å²) >= 11 is 0. The molecule has 0 unspecified atom stereocenters. The zero-order valence-corrected chi connectivity index (χ0v) is 16.9. The Labute approximate surface area is 173 Å². The molecule has 10 heteroatoms. The molecule has 1 aromatic heterocycles. The zero-order valence-electron chi connectivity index (χ0n) is 16.0. The number of piperidine rings is 1. The van der Waals surface area contributed by atoms with Crippen LogP contribution in [0.4, 0.5) is 5.69 Å². The average molecular weight is 428 g/mol. The lowest BCUT2D eigenvalue weighted by molar-refractivity contribution is -0.385. The zero-order chi connectivity index (χ0) is 21.1. The molecular weight excluding hydrogens is 408 g/mol. The number of nitro groups is 1. The fourth-order valence-electron chi connectivity index (χ4n) is 3.37. The lowest BCUT2D eigenvalue weighted by Gasteiger charge is -2.25. The van der Waals surface area contributed by atoms with Crippen LogP contribution in [0.15, 0.2) is 66.1 Å². The van der Waals surface area contributed by atoms with Crippen molar-refractivity contribution in [1.82, 2.24) is 13.9 Å². The highest BCUT2D eigenvalue weighted by Gasteiger charge is 2.29. The number of hydrogen-bond acceptors (Lipinski definition) is 6. The monoisotopic (exact) mass is 428 g/mol. The number of aromatic nitrogens is 2. The summed E-state index contributed by atoms with van der Waals surface area (Å²) in [4.78, 5) is 14.8. The predicted molar refractivity (Wildman–Crippen MR) is 109 cm³/mol. The van der Waals surface area contributed by atoms with E-state index < -0.39 is 20.6 Å². The van der Waals surface area contributed by atoms with Gasteiger partial charge in [-0.1, -0.05) is 6.42 Å². The highest BCUT2D eigenvalue weighted by molar-refractivity contribution is 7.89. The van der Waals surface area contributed by atoms with E-state index in [0.717, 1.165) is 31.0 Å². The Morgan fingerprint density at radius 2 is 1.77 bits per heavy atom. The number of rotatable bonds is 6. The van der Waals surface area contributed by atoms with Crippen LogP contribution in [0.5, 0.6) is 11.5 Å². The van der Waals surface area contributed by atoms with Gasteiger partial charge in [0.15, 0.2) is 0 Å². The van der Waals surface area contributed by atoms with Crippen LogP contribution in [-0.4, -0.2) is 40.3 Å². The third kappa shape index (κ3) is 4.05. The van der Waals surface area contributed by atoms with Gasteiger partial charge in [0.2, 0.25) is 15.8 Å². The number of imidazole rings is 1. The van der Waals surface area contributed by atoms with E-state index in [0.29, 0.717) is 18.8 Å². The van der Waals surface area contributed by atoms with Gasteiger partial charge in [0.05, 0.1) is 16.1 Å². The molecular formula is C20H20N4O5S. The quantitative estimate of drug-likeness (QED) is 0.437. The van der Waals surface area contributed by atoms with Crippen molar-refractivity contribution in [2.75, 3.05) is 13.1 Å². The Morgan fingerprint density at radius 1 is 1.03 bits per heavy atom. The van der Waals surface area contributed by atoms with Crippen LogP contribution in [0.2, 0.25) is 0 Å². The van der Waals surface area contributed by atoms with E-state index in [-0.39, 0.29) is 10.6 Å². The van der Waals surface area contributed by atoms with Crippen molar-refractivity contribution in [1.29, 1.82) is 0 Å². The topological polar surface area (TPSA) is 108 Å². The molecule has 30 heavy (non-hydrogen) atoms. The molecule has 0 atom stereocenters. The Morgan fingerprint density at radius 3 is 2.40 bits per heavy atom. The van der Waals surface area contributed by atoms with Crippen molar-refractivity contribution in [2.45, 2.75) is 24.2 Å². The fourth-order valence-corrected chi connectivity index (χ4v) is 4.90. The van der Waals surface area contributed by atoms with Crippen LogP contribution in [0.3, 0.4) is 0 Å². The lowest BCUT2D eigenvalue weighted by Crippen LogP contribution is -2.35. The van der Waals surface area contributed by atoms with Crippen molar-refractivity contribution in [3.63, 3.8) is 0 Å². The Hall–Kier alpha value is -3.24. The molecule has 156 valence electrons. The van der Waals surface area contributed by atoms with Gasteiger partial charge in [-0.15, -0.1) is 0 Å². The molecule has 0 radical (unpaired) electrons. The van der Waals surface area contributed by atoms with Crippen molar-refractivity contribution >= 4 is 15.7 Å².